The van der Waals surface area contributed by atoms with Crippen molar-refractivity contribution in [1.82, 2.24) is 4.90 Å². The van der Waals surface area contributed by atoms with Crippen molar-refractivity contribution in [1.29, 1.82) is 0 Å². The topological polar surface area (TPSA) is 20.3 Å². The van der Waals surface area contributed by atoms with Crippen molar-refractivity contribution in [3.63, 3.8) is 0 Å². The zero-order chi connectivity index (χ0) is 15.6. The van der Waals surface area contributed by atoms with Gasteiger partial charge in [-0.15, -0.1) is 0 Å². The molecule has 2 nitrogen and oxygen atoms in total. The molecule has 1 aromatic rings. The van der Waals surface area contributed by atoms with Crippen LogP contribution in [-0.2, 0) is 10.2 Å². The van der Waals surface area contributed by atoms with E-state index in [9.17, 15) is 9.18 Å². The number of carbonyl (C=O) groups is 1. The third-order valence-corrected chi connectivity index (χ3v) is 5.71. The molecular weight excluding hydrogens is 277 g/mol. The van der Waals surface area contributed by atoms with E-state index in [2.05, 4.69) is 0 Å². The van der Waals surface area contributed by atoms with Gasteiger partial charge in [0.2, 0.25) is 5.91 Å². The van der Waals surface area contributed by atoms with Gasteiger partial charge < -0.3 is 4.90 Å². The van der Waals surface area contributed by atoms with Gasteiger partial charge in [-0.3, -0.25) is 4.79 Å². The Morgan fingerprint density at radius 1 is 1.05 bits per heavy atom. The molecule has 0 N–H and O–H groups in total. The number of hydrogen-bond donors (Lipinski definition) is 0. The van der Waals surface area contributed by atoms with Gasteiger partial charge in [-0.25, -0.2) is 4.39 Å². The number of likely N-dealkylation sites (N-methyl/N-ethyl adjacent to an activating group) is 1. The first-order valence-electron chi connectivity index (χ1n) is 8.67. The lowest BCUT2D eigenvalue weighted by molar-refractivity contribution is -0.138. The van der Waals surface area contributed by atoms with Crippen LogP contribution in [0.4, 0.5) is 4.39 Å². The molecule has 0 radical (unpaired) electrons. The smallest absolute Gasteiger partial charge is 0.233 e. The zero-order valence-corrected chi connectivity index (χ0v) is 13.5. The summed E-state index contributed by atoms with van der Waals surface area (Å²) in [5.41, 5.74) is 0.582. The van der Waals surface area contributed by atoms with E-state index < -0.39 is 5.41 Å². The van der Waals surface area contributed by atoms with Crippen LogP contribution in [-0.4, -0.2) is 23.9 Å². The lowest BCUT2D eigenvalue weighted by Gasteiger charge is -2.38. The van der Waals surface area contributed by atoms with Gasteiger partial charge in [-0.05, 0) is 43.4 Å². The molecule has 0 spiro atoms. The van der Waals surface area contributed by atoms with Crippen LogP contribution in [0.25, 0.3) is 0 Å². The van der Waals surface area contributed by atoms with E-state index >= 15 is 0 Å². The average Bonchev–Trinajstić information content (AvgIpc) is 3.06. The molecule has 0 aromatic heterocycles. The molecule has 0 bridgehead atoms. The summed E-state index contributed by atoms with van der Waals surface area (Å²) in [7, 11) is 1.97. The Morgan fingerprint density at radius 2 is 1.64 bits per heavy atom. The Hall–Kier alpha value is -1.38. The third kappa shape index (κ3) is 2.78. The second kappa shape index (κ2) is 6.39. The van der Waals surface area contributed by atoms with Gasteiger partial charge in [0.25, 0.3) is 0 Å². The van der Waals surface area contributed by atoms with E-state index in [0.29, 0.717) is 6.04 Å². The maximum atomic E-state index is 13.3. The highest BCUT2D eigenvalue weighted by molar-refractivity contribution is 5.88. The van der Waals surface area contributed by atoms with E-state index in [1.165, 1.54) is 31.4 Å². The summed E-state index contributed by atoms with van der Waals surface area (Å²) in [6.45, 7) is 0. The van der Waals surface area contributed by atoms with Crippen LogP contribution in [0.3, 0.4) is 0 Å². The van der Waals surface area contributed by atoms with Gasteiger partial charge in [0.1, 0.15) is 5.82 Å². The second-order valence-corrected chi connectivity index (χ2v) is 7.00. The minimum Gasteiger partial charge on any atom is -0.342 e. The summed E-state index contributed by atoms with van der Waals surface area (Å²) in [4.78, 5) is 15.3. The fraction of sp³-hybridized carbons (Fsp3) is 0.632. The monoisotopic (exact) mass is 303 g/mol. The molecule has 0 heterocycles. The molecule has 2 aliphatic carbocycles. The highest BCUT2D eigenvalue weighted by Gasteiger charge is 2.45. The summed E-state index contributed by atoms with van der Waals surface area (Å²) < 4.78 is 13.3. The molecule has 120 valence electrons. The summed E-state index contributed by atoms with van der Waals surface area (Å²) in [6.07, 6.45) is 9.97. The van der Waals surface area contributed by atoms with Gasteiger partial charge in [-0.2, -0.15) is 0 Å². The average molecular weight is 303 g/mol. The van der Waals surface area contributed by atoms with E-state index in [1.807, 2.05) is 24.1 Å². The Labute approximate surface area is 132 Å². The maximum Gasteiger partial charge on any atom is 0.233 e. The number of benzene rings is 1. The molecule has 22 heavy (non-hydrogen) atoms. The SMILES string of the molecule is CN(C(=O)C1(c2ccc(F)cc2)CCCC1)C1CCCCC1. The highest BCUT2D eigenvalue weighted by Crippen LogP contribution is 2.43. The largest absolute Gasteiger partial charge is 0.342 e. The third-order valence-electron chi connectivity index (χ3n) is 5.71. The fourth-order valence-electron chi connectivity index (χ4n) is 4.35. The van der Waals surface area contributed by atoms with Crippen molar-refractivity contribution in [3.8, 4) is 0 Å². The van der Waals surface area contributed by atoms with Crippen LogP contribution in [0.2, 0.25) is 0 Å². The molecular formula is C19H26FNO. The van der Waals surface area contributed by atoms with Gasteiger partial charge in [-0.1, -0.05) is 44.2 Å². The molecule has 0 saturated heterocycles. The molecule has 1 aromatic carbocycles. The molecule has 1 amide bonds. The van der Waals surface area contributed by atoms with Crippen molar-refractivity contribution in [2.24, 2.45) is 0 Å². The summed E-state index contributed by atoms with van der Waals surface area (Å²) >= 11 is 0. The minimum atomic E-state index is -0.417. The van der Waals surface area contributed by atoms with Gasteiger partial charge >= 0.3 is 0 Å². The maximum absolute atomic E-state index is 13.3. The highest BCUT2D eigenvalue weighted by atomic mass is 19.1. The molecule has 0 atom stereocenters. The lowest BCUT2D eigenvalue weighted by atomic mass is 9.77. The van der Waals surface area contributed by atoms with Crippen molar-refractivity contribution >= 4 is 5.91 Å². The molecule has 0 aliphatic heterocycles. The van der Waals surface area contributed by atoms with Gasteiger partial charge in [0, 0.05) is 13.1 Å². The Bertz CT molecular complexity index is 513. The Morgan fingerprint density at radius 3 is 2.23 bits per heavy atom. The van der Waals surface area contributed by atoms with E-state index in [-0.39, 0.29) is 11.7 Å². The molecule has 2 aliphatic rings. The number of rotatable bonds is 3. The normalized spacial score (nSPS) is 21.7. The Balaban J connectivity index is 1.86. The van der Waals surface area contributed by atoms with Crippen LogP contribution < -0.4 is 0 Å². The lowest BCUT2D eigenvalue weighted by Crippen LogP contribution is -2.48. The van der Waals surface area contributed by atoms with Crippen LogP contribution in [0, 0.1) is 5.82 Å². The summed E-state index contributed by atoms with van der Waals surface area (Å²) in [6, 6.07) is 6.99. The fourth-order valence-corrected chi connectivity index (χ4v) is 4.35. The number of halogens is 1. The molecule has 3 rings (SSSR count). The first-order valence-corrected chi connectivity index (χ1v) is 8.67. The quantitative estimate of drug-likeness (QED) is 0.809. The van der Waals surface area contributed by atoms with Gasteiger partial charge in [0.15, 0.2) is 0 Å². The summed E-state index contributed by atoms with van der Waals surface area (Å²) in [5.74, 6) is 0.0217. The number of carbonyl (C=O) groups excluding carboxylic acids is 1. The zero-order valence-electron chi connectivity index (χ0n) is 13.5. The first-order chi connectivity index (χ1) is 10.6. The predicted octanol–water partition coefficient (Wildman–Crippen LogP) is 4.43. The van der Waals surface area contributed by atoms with Crippen molar-refractivity contribution < 1.29 is 9.18 Å². The Kier molecular flexibility index (Phi) is 4.51. The minimum absolute atomic E-state index is 0.231. The number of hydrogen-bond acceptors (Lipinski definition) is 1. The number of nitrogens with zero attached hydrogens (tertiary/aromatic N) is 1. The number of amides is 1. The second-order valence-electron chi connectivity index (χ2n) is 7.00. The van der Waals surface area contributed by atoms with Crippen molar-refractivity contribution in [2.45, 2.75) is 69.2 Å². The molecule has 2 saturated carbocycles. The van der Waals surface area contributed by atoms with E-state index in [0.717, 1.165) is 44.1 Å². The molecule has 2 fully saturated rings. The van der Waals surface area contributed by atoms with Crippen LogP contribution in [0.1, 0.15) is 63.4 Å². The first kappa shape index (κ1) is 15.5. The predicted molar refractivity (Wildman–Crippen MR) is 86.2 cm³/mol. The van der Waals surface area contributed by atoms with Crippen LogP contribution in [0.5, 0.6) is 0 Å². The van der Waals surface area contributed by atoms with Gasteiger partial charge in [0.05, 0.1) is 5.41 Å². The van der Waals surface area contributed by atoms with Crippen molar-refractivity contribution in [2.75, 3.05) is 7.05 Å². The van der Waals surface area contributed by atoms with E-state index in [1.54, 1.807) is 0 Å². The standard InChI is InChI=1S/C19H26FNO/c1-21(17-7-3-2-4-8-17)18(22)19(13-5-6-14-19)15-9-11-16(20)12-10-15/h9-12,17H,2-8,13-14H2,1H3. The molecule has 3 heteroatoms. The van der Waals surface area contributed by atoms with Crippen molar-refractivity contribution in [3.05, 3.63) is 35.6 Å². The van der Waals surface area contributed by atoms with Crippen LogP contribution in [0.15, 0.2) is 24.3 Å². The van der Waals surface area contributed by atoms with E-state index in [4.69, 9.17) is 0 Å². The van der Waals surface area contributed by atoms with Crippen LogP contribution >= 0.6 is 0 Å². The summed E-state index contributed by atoms with van der Waals surface area (Å²) in [5, 5.41) is 0. The molecule has 0 unspecified atom stereocenters.